The summed E-state index contributed by atoms with van der Waals surface area (Å²) < 4.78 is 5.49. The van der Waals surface area contributed by atoms with Gasteiger partial charge in [-0.1, -0.05) is 40.5 Å². The molecule has 1 N–H and O–H groups in total. The van der Waals surface area contributed by atoms with Gasteiger partial charge in [0.2, 0.25) is 0 Å². The molecule has 3 nitrogen and oxygen atoms in total. The van der Waals surface area contributed by atoms with E-state index in [1.807, 2.05) is 0 Å². The summed E-state index contributed by atoms with van der Waals surface area (Å²) in [7, 11) is 0. The highest BCUT2D eigenvalue weighted by Crippen LogP contribution is 2.02. The fraction of sp³-hybridized carbons (Fsp3) is 1.00. The lowest BCUT2D eigenvalue weighted by Crippen LogP contribution is -2.36. The number of hydrogen-bond donors (Lipinski definition) is 1. The Morgan fingerprint density at radius 3 is 2.00 bits per heavy atom. The van der Waals surface area contributed by atoms with Gasteiger partial charge in [-0.2, -0.15) is 0 Å². The first-order valence-corrected chi connectivity index (χ1v) is 7.58. The van der Waals surface area contributed by atoms with Crippen molar-refractivity contribution in [3.05, 3.63) is 0 Å². The average molecular weight is 259 g/mol. The molecule has 0 aromatic heterocycles. The summed E-state index contributed by atoms with van der Waals surface area (Å²) in [4.78, 5) is 2.37. The van der Waals surface area contributed by atoms with Crippen LogP contribution < -0.4 is 0 Å². The number of nitrogens with zero attached hydrogens (tertiary/aromatic N) is 1. The van der Waals surface area contributed by atoms with Crippen molar-refractivity contribution in [2.75, 3.05) is 32.8 Å². The second kappa shape index (κ2) is 11.9. The second-order valence-electron chi connectivity index (χ2n) is 5.59. The topological polar surface area (TPSA) is 32.7 Å². The van der Waals surface area contributed by atoms with E-state index >= 15 is 0 Å². The van der Waals surface area contributed by atoms with Gasteiger partial charge >= 0.3 is 0 Å². The predicted octanol–water partition coefficient (Wildman–Crippen LogP) is 2.92. The Morgan fingerprint density at radius 1 is 1.00 bits per heavy atom. The summed E-state index contributed by atoms with van der Waals surface area (Å²) in [5.74, 6) is 0.536. The Labute approximate surface area is 114 Å². The largest absolute Gasteiger partial charge is 0.389 e. The number of aliphatic hydroxyl groups excluding tert-OH is 1. The van der Waals surface area contributed by atoms with E-state index in [9.17, 15) is 5.11 Å². The van der Waals surface area contributed by atoms with Gasteiger partial charge in [-0.3, -0.25) is 0 Å². The van der Waals surface area contributed by atoms with Crippen LogP contribution in [0.3, 0.4) is 0 Å². The van der Waals surface area contributed by atoms with Crippen molar-refractivity contribution in [2.24, 2.45) is 5.92 Å². The third-order valence-corrected chi connectivity index (χ3v) is 2.89. The summed E-state index contributed by atoms with van der Waals surface area (Å²) in [6.45, 7) is 12.8. The molecule has 0 bridgehead atoms. The molecule has 0 saturated carbocycles. The second-order valence-corrected chi connectivity index (χ2v) is 5.59. The van der Waals surface area contributed by atoms with Crippen LogP contribution in [0.5, 0.6) is 0 Å². The van der Waals surface area contributed by atoms with Crippen molar-refractivity contribution in [1.82, 2.24) is 4.90 Å². The zero-order valence-electron chi connectivity index (χ0n) is 12.8. The molecular formula is C15H33NO2. The van der Waals surface area contributed by atoms with Crippen LogP contribution in [0.25, 0.3) is 0 Å². The molecule has 3 heteroatoms. The van der Waals surface area contributed by atoms with Gasteiger partial charge in [-0.25, -0.2) is 0 Å². The first-order valence-electron chi connectivity index (χ1n) is 7.58. The Bertz CT molecular complexity index is 166. The molecule has 0 aliphatic carbocycles. The lowest BCUT2D eigenvalue weighted by atomic mass is 10.2. The zero-order valence-corrected chi connectivity index (χ0v) is 12.8. The minimum Gasteiger partial charge on any atom is -0.389 e. The molecule has 0 rings (SSSR count). The first kappa shape index (κ1) is 17.9. The molecule has 0 aliphatic rings. The molecular weight excluding hydrogens is 226 g/mol. The van der Waals surface area contributed by atoms with Crippen LogP contribution >= 0.6 is 0 Å². The highest BCUT2D eigenvalue weighted by atomic mass is 16.5. The van der Waals surface area contributed by atoms with Gasteiger partial charge in [0.25, 0.3) is 0 Å². The van der Waals surface area contributed by atoms with Crippen LogP contribution in [0.1, 0.15) is 53.4 Å². The van der Waals surface area contributed by atoms with Gasteiger partial charge in [0.05, 0.1) is 12.7 Å². The summed E-state index contributed by atoms with van der Waals surface area (Å²) in [6.07, 6.45) is 4.50. The minimum absolute atomic E-state index is 0.350. The molecule has 0 amide bonds. The summed E-state index contributed by atoms with van der Waals surface area (Å²) in [5.41, 5.74) is 0. The lowest BCUT2D eigenvalue weighted by molar-refractivity contribution is 0.00780. The summed E-state index contributed by atoms with van der Waals surface area (Å²) in [6, 6.07) is 0. The van der Waals surface area contributed by atoms with Crippen LogP contribution in [0.15, 0.2) is 0 Å². The van der Waals surface area contributed by atoms with Gasteiger partial charge in [-0.15, -0.1) is 0 Å². The Hall–Kier alpha value is -0.120. The fourth-order valence-electron chi connectivity index (χ4n) is 1.85. The van der Waals surface area contributed by atoms with Crippen molar-refractivity contribution in [3.63, 3.8) is 0 Å². The standard InChI is InChI=1S/C15H33NO2/c1-5-7-9-16(10-8-6-2)11-15(17)13-18-12-14(3)4/h14-15,17H,5-13H2,1-4H3/t15-/m1/s1. The van der Waals surface area contributed by atoms with Crippen molar-refractivity contribution in [3.8, 4) is 0 Å². The smallest absolute Gasteiger partial charge is 0.0900 e. The number of unbranched alkanes of at least 4 members (excludes halogenated alkanes) is 2. The molecule has 0 heterocycles. The van der Waals surface area contributed by atoms with Crippen molar-refractivity contribution in [1.29, 1.82) is 0 Å². The third-order valence-electron chi connectivity index (χ3n) is 2.89. The zero-order chi connectivity index (χ0) is 13.8. The molecule has 0 fully saturated rings. The van der Waals surface area contributed by atoms with E-state index in [-0.39, 0.29) is 6.10 Å². The average Bonchev–Trinajstić information content (AvgIpc) is 2.32. The molecule has 1 atom stereocenters. The molecule has 110 valence electrons. The third kappa shape index (κ3) is 11.0. The van der Waals surface area contributed by atoms with Crippen LogP contribution in [-0.2, 0) is 4.74 Å². The van der Waals surface area contributed by atoms with Gasteiger partial charge in [0.15, 0.2) is 0 Å². The van der Waals surface area contributed by atoms with Crippen LogP contribution in [0.2, 0.25) is 0 Å². The van der Waals surface area contributed by atoms with Crippen molar-refractivity contribution >= 4 is 0 Å². The highest BCUT2D eigenvalue weighted by Gasteiger charge is 2.11. The van der Waals surface area contributed by atoms with E-state index in [2.05, 4.69) is 32.6 Å². The monoisotopic (exact) mass is 259 g/mol. The van der Waals surface area contributed by atoms with Gasteiger partial charge in [0, 0.05) is 13.2 Å². The van der Waals surface area contributed by atoms with E-state index in [1.54, 1.807) is 0 Å². The first-order chi connectivity index (χ1) is 8.60. The number of rotatable bonds is 12. The summed E-state index contributed by atoms with van der Waals surface area (Å²) >= 11 is 0. The van der Waals surface area contributed by atoms with Gasteiger partial charge in [0.1, 0.15) is 0 Å². The van der Waals surface area contributed by atoms with E-state index in [4.69, 9.17) is 4.74 Å². The van der Waals surface area contributed by atoms with E-state index in [1.165, 1.54) is 25.7 Å². The normalized spacial score (nSPS) is 13.5. The quantitative estimate of drug-likeness (QED) is 0.585. The number of ether oxygens (including phenoxy) is 1. The maximum atomic E-state index is 9.96. The molecule has 0 saturated heterocycles. The molecule has 0 spiro atoms. The minimum atomic E-state index is -0.350. The van der Waals surface area contributed by atoms with Gasteiger partial charge in [-0.05, 0) is 31.8 Å². The SMILES string of the molecule is CCCCN(CCCC)C[C@@H](O)COCC(C)C. The maximum absolute atomic E-state index is 9.96. The molecule has 0 aromatic rings. The van der Waals surface area contributed by atoms with Crippen LogP contribution in [0.4, 0.5) is 0 Å². The van der Waals surface area contributed by atoms with E-state index in [0.29, 0.717) is 12.5 Å². The molecule has 0 aliphatic heterocycles. The Kier molecular flexibility index (Phi) is 11.9. The van der Waals surface area contributed by atoms with Crippen molar-refractivity contribution in [2.45, 2.75) is 59.5 Å². The van der Waals surface area contributed by atoms with E-state index in [0.717, 1.165) is 26.2 Å². The molecule has 18 heavy (non-hydrogen) atoms. The lowest BCUT2D eigenvalue weighted by Gasteiger charge is -2.25. The Balaban J connectivity index is 3.81. The van der Waals surface area contributed by atoms with E-state index < -0.39 is 0 Å². The summed E-state index contributed by atoms with van der Waals surface area (Å²) in [5, 5.41) is 9.96. The molecule has 0 radical (unpaired) electrons. The van der Waals surface area contributed by atoms with Crippen LogP contribution in [0, 0.1) is 5.92 Å². The number of hydrogen-bond acceptors (Lipinski definition) is 3. The van der Waals surface area contributed by atoms with Crippen LogP contribution in [-0.4, -0.2) is 49.0 Å². The fourth-order valence-corrected chi connectivity index (χ4v) is 1.85. The van der Waals surface area contributed by atoms with Crippen molar-refractivity contribution < 1.29 is 9.84 Å². The molecule has 0 aromatic carbocycles. The predicted molar refractivity (Wildman–Crippen MR) is 77.9 cm³/mol. The molecule has 0 unspecified atom stereocenters. The number of aliphatic hydroxyl groups is 1. The highest BCUT2D eigenvalue weighted by molar-refractivity contribution is 4.64. The Morgan fingerprint density at radius 2 is 1.56 bits per heavy atom. The maximum Gasteiger partial charge on any atom is 0.0900 e. The van der Waals surface area contributed by atoms with Gasteiger partial charge < -0.3 is 14.7 Å².